The first-order valence-electron chi connectivity index (χ1n) is 8.47. The van der Waals surface area contributed by atoms with Crippen molar-refractivity contribution in [3.63, 3.8) is 0 Å². The predicted octanol–water partition coefficient (Wildman–Crippen LogP) is 2.60. The lowest BCUT2D eigenvalue weighted by atomic mass is 9.74. The summed E-state index contributed by atoms with van der Waals surface area (Å²) < 4.78 is 2.15. The van der Waals surface area contributed by atoms with E-state index in [0.717, 1.165) is 19.4 Å². The molecule has 1 saturated carbocycles. The van der Waals surface area contributed by atoms with E-state index in [-0.39, 0.29) is 0 Å². The number of rotatable bonds is 7. The average molecular weight is 292 g/mol. The highest BCUT2D eigenvalue weighted by Gasteiger charge is 2.41. The van der Waals surface area contributed by atoms with Crippen LogP contribution in [-0.2, 0) is 13.5 Å². The van der Waals surface area contributed by atoms with E-state index >= 15 is 0 Å². The monoisotopic (exact) mass is 292 g/mol. The summed E-state index contributed by atoms with van der Waals surface area (Å²) in [5.41, 5.74) is 0.319. The highest BCUT2D eigenvalue weighted by molar-refractivity contribution is 5.02. The van der Waals surface area contributed by atoms with Gasteiger partial charge in [0.15, 0.2) is 0 Å². The molecule has 21 heavy (non-hydrogen) atoms. The molecule has 0 bridgehead atoms. The van der Waals surface area contributed by atoms with E-state index < -0.39 is 0 Å². The molecule has 1 N–H and O–H groups in total. The van der Waals surface area contributed by atoms with Crippen LogP contribution in [0.2, 0.25) is 0 Å². The quantitative estimate of drug-likeness (QED) is 0.838. The van der Waals surface area contributed by atoms with Gasteiger partial charge in [0.25, 0.3) is 0 Å². The Balaban J connectivity index is 2.10. The van der Waals surface area contributed by atoms with E-state index in [0.29, 0.717) is 11.6 Å². The number of nitrogens with one attached hydrogen (secondary N) is 1. The Bertz CT molecular complexity index is 418. The van der Waals surface area contributed by atoms with Gasteiger partial charge in [0.2, 0.25) is 0 Å². The van der Waals surface area contributed by atoms with Crippen LogP contribution in [0.1, 0.15) is 51.3 Å². The summed E-state index contributed by atoms with van der Waals surface area (Å²) in [6, 6.07) is 0.550. The lowest BCUT2D eigenvalue weighted by Crippen LogP contribution is -2.60. The molecule has 0 radical (unpaired) electrons. The van der Waals surface area contributed by atoms with Crippen molar-refractivity contribution in [3.05, 3.63) is 18.2 Å². The first-order chi connectivity index (χ1) is 10.1. The first kappa shape index (κ1) is 16.5. The molecule has 1 aliphatic carbocycles. The fraction of sp³-hybridized carbons (Fsp3) is 0.824. The van der Waals surface area contributed by atoms with Crippen LogP contribution in [0.4, 0.5) is 0 Å². The lowest BCUT2D eigenvalue weighted by molar-refractivity contribution is 0.0539. The molecule has 4 nitrogen and oxygen atoms in total. The Kier molecular flexibility index (Phi) is 5.82. The first-order valence-corrected chi connectivity index (χ1v) is 8.47. The third-order valence-corrected chi connectivity index (χ3v) is 5.29. The standard InChI is InChI=1S/C17H32N4/c1-5-18-15(9-10-16-19-13-14-21(16)4)17(20(2)3)11-7-6-8-12-17/h13-15,18H,5-12H2,1-4H3. The van der Waals surface area contributed by atoms with Gasteiger partial charge in [-0.15, -0.1) is 0 Å². The summed E-state index contributed by atoms with van der Waals surface area (Å²) in [4.78, 5) is 6.97. The van der Waals surface area contributed by atoms with Crippen LogP contribution in [0.25, 0.3) is 0 Å². The molecule has 1 fully saturated rings. The van der Waals surface area contributed by atoms with Crippen molar-refractivity contribution in [2.24, 2.45) is 7.05 Å². The molecule has 0 saturated heterocycles. The van der Waals surface area contributed by atoms with Crippen molar-refractivity contribution in [2.75, 3.05) is 20.6 Å². The number of imidazole rings is 1. The molecule has 0 amide bonds. The van der Waals surface area contributed by atoms with Crippen molar-refractivity contribution in [1.82, 2.24) is 19.8 Å². The van der Waals surface area contributed by atoms with Gasteiger partial charge in [0.1, 0.15) is 5.82 Å². The number of nitrogens with zero attached hydrogens (tertiary/aromatic N) is 3. The van der Waals surface area contributed by atoms with Crippen molar-refractivity contribution >= 4 is 0 Å². The number of hydrogen-bond donors (Lipinski definition) is 1. The van der Waals surface area contributed by atoms with Gasteiger partial charge in [-0.1, -0.05) is 26.2 Å². The van der Waals surface area contributed by atoms with E-state index in [4.69, 9.17) is 0 Å². The molecule has 1 aliphatic rings. The van der Waals surface area contributed by atoms with E-state index in [1.165, 1.54) is 37.9 Å². The number of likely N-dealkylation sites (N-methyl/N-ethyl adjacent to an activating group) is 2. The number of hydrogen-bond acceptors (Lipinski definition) is 3. The summed E-state index contributed by atoms with van der Waals surface area (Å²) in [6.07, 6.45) is 12.9. The zero-order valence-corrected chi connectivity index (χ0v) is 14.2. The molecule has 1 unspecified atom stereocenters. The molecule has 0 spiro atoms. The maximum Gasteiger partial charge on any atom is 0.108 e. The number of aryl methyl sites for hydroxylation is 2. The highest BCUT2D eigenvalue weighted by atomic mass is 15.2. The van der Waals surface area contributed by atoms with E-state index in [1.54, 1.807) is 0 Å². The van der Waals surface area contributed by atoms with Crippen molar-refractivity contribution in [3.8, 4) is 0 Å². The van der Waals surface area contributed by atoms with E-state index in [9.17, 15) is 0 Å². The van der Waals surface area contributed by atoms with Crippen LogP contribution in [-0.4, -0.2) is 46.7 Å². The summed E-state index contributed by atoms with van der Waals surface area (Å²) in [5, 5.41) is 3.78. The lowest BCUT2D eigenvalue weighted by Gasteiger charge is -2.49. The Labute approximate surface area is 129 Å². The Morgan fingerprint density at radius 3 is 2.57 bits per heavy atom. The minimum absolute atomic E-state index is 0.319. The molecule has 1 aromatic rings. The van der Waals surface area contributed by atoms with E-state index in [1.807, 2.05) is 12.4 Å². The van der Waals surface area contributed by atoms with Crippen molar-refractivity contribution in [2.45, 2.75) is 63.5 Å². The maximum atomic E-state index is 4.48. The average Bonchev–Trinajstić information content (AvgIpc) is 2.89. The topological polar surface area (TPSA) is 33.1 Å². The second-order valence-corrected chi connectivity index (χ2v) is 6.66. The third-order valence-electron chi connectivity index (χ3n) is 5.29. The largest absolute Gasteiger partial charge is 0.338 e. The molecule has 0 aliphatic heterocycles. The van der Waals surface area contributed by atoms with E-state index in [2.05, 4.69) is 47.8 Å². The Morgan fingerprint density at radius 2 is 2.05 bits per heavy atom. The van der Waals surface area contributed by atoms with Crippen LogP contribution in [0.15, 0.2) is 12.4 Å². The van der Waals surface area contributed by atoms with Gasteiger partial charge in [0.05, 0.1) is 0 Å². The molecule has 0 aromatic carbocycles. The zero-order chi connectivity index (χ0) is 15.3. The molecular formula is C17H32N4. The normalized spacial score (nSPS) is 19.9. The van der Waals surface area contributed by atoms with Crippen molar-refractivity contribution in [1.29, 1.82) is 0 Å². The fourth-order valence-electron chi connectivity index (χ4n) is 3.99. The van der Waals surface area contributed by atoms with Crippen LogP contribution < -0.4 is 5.32 Å². The second-order valence-electron chi connectivity index (χ2n) is 6.66. The second kappa shape index (κ2) is 7.41. The fourth-order valence-corrected chi connectivity index (χ4v) is 3.99. The van der Waals surface area contributed by atoms with Crippen LogP contribution in [0, 0.1) is 0 Å². The Hall–Kier alpha value is -0.870. The van der Waals surface area contributed by atoms with Crippen LogP contribution in [0.3, 0.4) is 0 Å². The minimum Gasteiger partial charge on any atom is -0.338 e. The minimum atomic E-state index is 0.319. The smallest absolute Gasteiger partial charge is 0.108 e. The predicted molar refractivity (Wildman–Crippen MR) is 88.5 cm³/mol. The van der Waals surface area contributed by atoms with Gasteiger partial charge < -0.3 is 14.8 Å². The summed E-state index contributed by atoms with van der Waals surface area (Å²) >= 11 is 0. The molecular weight excluding hydrogens is 260 g/mol. The molecule has 2 rings (SSSR count). The summed E-state index contributed by atoms with van der Waals surface area (Å²) in [7, 11) is 6.61. The van der Waals surface area contributed by atoms with Gasteiger partial charge in [0, 0.05) is 37.4 Å². The zero-order valence-electron chi connectivity index (χ0n) is 14.2. The summed E-state index contributed by atoms with van der Waals surface area (Å²) in [6.45, 7) is 3.26. The van der Waals surface area contributed by atoms with Crippen LogP contribution in [0.5, 0.6) is 0 Å². The molecule has 4 heteroatoms. The Morgan fingerprint density at radius 1 is 1.33 bits per heavy atom. The molecule has 120 valence electrons. The van der Waals surface area contributed by atoms with Crippen LogP contribution >= 0.6 is 0 Å². The molecule has 1 aromatic heterocycles. The van der Waals surface area contributed by atoms with Gasteiger partial charge in [-0.05, 0) is 39.9 Å². The van der Waals surface area contributed by atoms with Gasteiger partial charge >= 0.3 is 0 Å². The van der Waals surface area contributed by atoms with Gasteiger partial charge in [-0.25, -0.2) is 4.98 Å². The SMILES string of the molecule is CCNC(CCc1nccn1C)C1(N(C)C)CCCCC1. The highest BCUT2D eigenvalue weighted by Crippen LogP contribution is 2.36. The molecule has 1 atom stereocenters. The number of aromatic nitrogens is 2. The van der Waals surface area contributed by atoms with Crippen molar-refractivity contribution < 1.29 is 0 Å². The van der Waals surface area contributed by atoms with Gasteiger partial charge in [-0.3, -0.25) is 0 Å². The molecule has 1 heterocycles. The maximum absolute atomic E-state index is 4.48. The third kappa shape index (κ3) is 3.67. The summed E-state index contributed by atoms with van der Waals surface area (Å²) in [5.74, 6) is 1.20. The van der Waals surface area contributed by atoms with Gasteiger partial charge in [-0.2, -0.15) is 0 Å².